The highest BCUT2D eigenvalue weighted by Crippen LogP contribution is 2.36. The second-order valence-electron chi connectivity index (χ2n) is 8.76. The molecule has 2 saturated heterocycles. The van der Waals surface area contributed by atoms with E-state index in [2.05, 4.69) is 40.0 Å². The van der Waals surface area contributed by atoms with E-state index in [1.165, 1.54) is 0 Å². The Balaban J connectivity index is 1.47. The maximum absolute atomic E-state index is 12.3. The number of rotatable bonds is 4. The van der Waals surface area contributed by atoms with E-state index in [0.717, 1.165) is 50.8 Å². The third-order valence-corrected chi connectivity index (χ3v) is 6.09. The number of morpholine rings is 1. The SMILES string of the molecule is CC(C)Nc1nc(N2CCOCC2)nc(N2C[C@@H]3C[C@@H](C2)c2cccc(=O)n2C3)n1. The van der Waals surface area contributed by atoms with E-state index in [1.54, 1.807) is 6.07 Å². The van der Waals surface area contributed by atoms with Crippen LogP contribution in [-0.2, 0) is 11.3 Å². The maximum Gasteiger partial charge on any atom is 0.250 e. The number of anilines is 3. The Morgan fingerprint density at radius 1 is 1.03 bits per heavy atom. The predicted molar refractivity (Wildman–Crippen MR) is 115 cm³/mol. The normalized spacial score (nSPS) is 23.4. The summed E-state index contributed by atoms with van der Waals surface area (Å²) >= 11 is 0. The second-order valence-corrected chi connectivity index (χ2v) is 8.76. The number of hydrogen-bond donors (Lipinski definition) is 1. The summed E-state index contributed by atoms with van der Waals surface area (Å²) < 4.78 is 7.44. The molecule has 160 valence electrons. The van der Waals surface area contributed by atoms with E-state index in [9.17, 15) is 4.79 Å². The Morgan fingerprint density at radius 3 is 2.57 bits per heavy atom. The first kappa shape index (κ1) is 19.3. The van der Waals surface area contributed by atoms with Gasteiger partial charge in [-0.1, -0.05) is 6.07 Å². The predicted octanol–water partition coefficient (Wildman–Crippen LogP) is 1.31. The minimum absolute atomic E-state index is 0.105. The van der Waals surface area contributed by atoms with E-state index in [4.69, 9.17) is 14.7 Å². The van der Waals surface area contributed by atoms with Crippen molar-refractivity contribution in [1.29, 1.82) is 0 Å². The van der Waals surface area contributed by atoms with Gasteiger partial charge in [-0.3, -0.25) is 4.79 Å². The fraction of sp³-hybridized carbons (Fsp3) is 0.619. The van der Waals surface area contributed by atoms with Gasteiger partial charge in [0.2, 0.25) is 17.8 Å². The standard InChI is InChI=1S/C21H29N7O2/c1-14(2)22-19-23-20(26-6-8-30-9-7-26)25-21(24-19)27-11-15-10-16(13-27)17-4-3-5-18(29)28(17)12-15/h3-5,14-16H,6-13H2,1-2H3,(H,22,23,24,25)/t15-,16-/m0/s1. The lowest BCUT2D eigenvalue weighted by atomic mass is 9.83. The number of nitrogens with zero attached hydrogens (tertiary/aromatic N) is 6. The first-order valence-electron chi connectivity index (χ1n) is 10.9. The summed E-state index contributed by atoms with van der Waals surface area (Å²) in [6.07, 6.45) is 1.11. The van der Waals surface area contributed by atoms with Crippen molar-refractivity contribution in [3.05, 3.63) is 34.2 Å². The lowest BCUT2D eigenvalue weighted by molar-refractivity contribution is 0.122. The Kier molecular flexibility index (Phi) is 5.06. The molecule has 3 aliphatic rings. The van der Waals surface area contributed by atoms with Gasteiger partial charge in [0.15, 0.2) is 0 Å². The van der Waals surface area contributed by atoms with Crippen molar-refractivity contribution < 1.29 is 4.74 Å². The number of nitrogens with one attached hydrogen (secondary N) is 1. The first-order valence-corrected chi connectivity index (χ1v) is 10.9. The van der Waals surface area contributed by atoms with Gasteiger partial charge in [0, 0.05) is 56.4 Å². The summed E-state index contributed by atoms with van der Waals surface area (Å²) in [7, 11) is 0. The average molecular weight is 412 g/mol. The van der Waals surface area contributed by atoms with Crippen molar-refractivity contribution in [2.75, 3.05) is 54.5 Å². The minimum Gasteiger partial charge on any atom is -0.378 e. The van der Waals surface area contributed by atoms with Crippen LogP contribution in [0.3, 0.4) is 0 Å². The zero-order valence-corrected chi connectivity index (χ0v) is 17.6. The molecule has 2 bridgehead atoms. The summed E-state index contributed by atoms with van der Waals surface area (Å²) in [4.78, 5) is 31.0. The van der Waals surface area contributed by atoms with Gasteiger partial charge in [0.1, 0.15) is 0 Å². The van der Waals surface area contributed by atoms with Crippen molar-refractivity contribution in [1.82, 2.24) is 19.5 Å². The van der Waals surface area contributed by atoms with Gasteiger partial charge in [-0.2, -0.15) is 15.0 Å². The zero-order chi connectivity index (χ0) is 20.7. The smallest absolute Gasteiger partial charge is 0.250 e. The molecule has 2 aromatic rings. The molecule has 9 heteroatoms. The molecule has 2 aromatic heterocycles. The van der Waals surface area contributed by atoms with Gasteiger partial charge in [0.05, 0.1) is 13.2 Å². The molecule has 2 atom stereocenters. The molecular formula is C21H29N7O2. The maximum atomic E-state index is 12.3. The van der Waals surface area contributed by atoms with Crippen molar-refractivity contribution in [3.63, 3.8) is 0 Å². The van der Waals surface area contributed by atoms with Crippen LogP contribution in [0.4, 0.5) is 17.8 Å². The Labute approximate surface area is 176 Å². The molecule has 0 aliphatic carbocycles. The van der Waals surface area contributed by atoms with Crippen LogP contribution in [0.2, 0.25) is 0 Å². The quantitative estimate of drug-likeness (QED) is 0.806. The van der Waals surface area contributed by atoms with Gasteiger partial charge in [-0.25, -0.2) is 0 Å². The molecule has 0 saturated carbocycles. The summed E-state index contributed by atoms with van der Waals surface area (Å²) in [5, 5.41) is 3.34. The molecule has 0 radical (unpaired) electrons. The van der Waals surface area contributed by atoms with Crippen LogP contribution in [0.5, 0.6) is 0 Å². The number of fused-ring (bicyclic) bond motifs is 4. The Bertz CT molecular complexity index is 970. The Hall–Kier alpha value is -2.68. The monoisotopic (exact) mass is 411 g/mol. The van der Waals surface area contributed by atoms with E-state index in [0.29, 0.717) is 36.9 Å². The number of piperidine rings is 1. The fourth-order valence-electron chi connectivity index (χ4n) is 4.78. The van der Waals surface area contributed by atoms with E-state index < -0.39 is 0 Å². The molecule has 3 aliphatic heterocycles. The van der Waals surface area contributed by atoms with Crippen molar-refractivity contribution in [2.45, 2.75) is 38.8 Å². The number of pyridine rings is 1. The van der Waals surface area contributed by atoms with Crippen LogP contribution in [0.15, 0.2) is 23.0 Å². The van der Waals surface area contributed by atoms with Gasteiger partial charge >= 0.3 is 0 Å². The molecule has 5 heterocycles. The number of aromatic nitrogens is 4. The van der Waals surface area contributed by atoms with Crippen molar-refractivity contribution in [3.8, 4) is 0 Å². The number of hydrogen-bond acceptors (Lipinski definition) is 8. The third-order valence-electron chi connectivity index (χ3n) is 6.09. The Morgan fingerprint density at radius 2 is 1.80 bits per heavy atom. The molecule has 0 spiro atoms. The largest absolute Gasteiger partial charge is 0.378 e. The summed E-state index contributed by atoms with van der Waals surface area (Å²) in [6, 6.07) is 5.85. The molecule has 0 unspecified atom stereocenters. The third kappa shape index (κ3) is 3.74. The van der Waals surface area contributed by atoms with Crippen LogP contribution in [0, 0.1) is 5.92 Å². The minimum atomic E-state index is 0.105. The molecular weight excluding hydrogens is 382 g/mol. The van der Waals surface area contributed by atoms with Gasteiger partial charge in [0.25, 0.3) is 5.56 Å². The van der Waals surface area contributed by atoms with Crippen LogP contribution in [-0.4, -0.2) is 65.0 Å². The lowest BCUT2D eigenvalue weighted by Gasteiger charge is -2.42. The highest BCUT2D eigenvalue weighted by atomic mass is 16.5. The van der Waals surface area contributed by atoms with E-state index in [-0.39, 0.29) is 11.6 Å². The second kappa shape index (κ2) is 7.86. The van der Waals surface area contributed by atoms with Crippen molar-refractivity contribution in [2.24, 2.45) is 5.92 Å². The van der Waals surface area contributed by atoms with Crippen LogP contribution in [0.25, 0.3) is 0 Å². The zero-order valence-electron chi connectivity index (χ0n) is 17.6. The summed E-state index contributed by atoms with van der Waals surface area (Å²) in [5.74, 6) is 2.77. The highest BCUT2D eigenvalue weighted by Gasteiger charge is 2.36. The molecule has 5 rings (SSSR count). The number of ether oxygens (including phenoxy) is 1. The van der Waals surface area contributed by atoms with Crippen molar-refractivity contribution >= 4 is 17.8 Å². The molecule has 30 heavy (non-hydrogen) atoms. The van der Waals surface area contributed by atoms with E-state index in [1.807, 2.05) is 10.6 Å². The highest BCUT2D eigenvalue weighted by molar-refractivity contribution is 5.46. The van der Waals surface area contributed by atoms with Gasteiger partial charge in [-0.15, -0.1) is 0 Å². The topological polar surface area (TPSA) is 88.4 Å². The van der Waals surface area contributed by atoms with Gasteiger partial charge < -0.3 is 24.4 Å². The summed E-state index contributed by atoms with van der Waals surface area (Å²) in [6.45, 7) is 9.54. The average Bonchev–Trinajstić information content (AvgIpc) is 2.74. The first-order chi connectivity index (χ1) is 14.6. The van der Waals surface area contributed by atoms with E-state index >= 15 is 0 Å². The molecule has 2 fully saturated rings. The van der Waals surface area contributed by atoms with Crippen LogP contribution >= 0.6 is 0 Å². The lowest BCUT2D eigenvalue weighted by Crippen LogP contribution is -2.48. The molecule has 0 amide bonds. The molecule has 9 nitrogen and oxygen atoms in total. The van der Waals surface area contributed by atoms with Crippen LogP contribution < -0.4 is 20.7 Å². The summed E-state index contributed by atoms with van der Waals surface area (Å²) in [5.41, 5.74) is 1.24. The van der Waals surface area contributed by atoms with Gasteiger partial charge in [-0.05, 0) is 32.3 Å². The van der Waals surface area contributed by atoms with Crippen LogP contribution in [0.1, 0.15) is 31.9 Å². The molecule has 0 aromatic carbocycles. The fourth-order valence-corrected chi connectivity index (χ4v) is 4.78. The molecule has 1 N–H and O–H groups in total.